The molecule has 1 saturated carbocycles. The zero-order valence-corrected chi connectivity index (χ0v) is 22.1. The van der Waals surface area contributed by atoms with Crippen LogP contribution in [0.4, 0.5) is 10.5 Å². The Morgan fingerprint density at radius 3 is 2.55 bits per heavy atom. The second-order valence-corrected chi connectivity index (χ2v) is 9.57. The number of aromatic nitrogens is 3. The van der Waals surface area contributed by atoms with E-state index < -0.39 is 17.7 Å². The molecule has 0 unspecified atom stereocenters. The maximum absolute atomic E-state index is 12.7. The highest BCUT2D eigenvalue weighted by Gasteiger charge is 2.20. The van der Waals surface area contributed by atoms with Gasteiger partial charge in [0.05, 0.1) is 39.6 Å². The van der Waals surface area contributed by atoms with Gasteiger partial charge in [-0.05, 0) is 43.9 Å². The number of alkyl carbamates (subject to hydrolysis) is 1. The van der Waals surface area contributed by atoms with E-state index in [0.717, 1.165) is 12.8 Å². The molecule has 2 amide bonds. The minimum absolute atomic E-state index is 0.0594. The number of benzene rings is 1. The molecule has 0 aliphatic heterocycles. The number of anilines is 1. The summed E-state index contributed by atoms with van der Waals surface area (Å²) >= 11 is 13.1. The number of hydrogen-bond acceptors (Lipinski definition) is 8. The van der Waals surface area contributed by atoms with E-state index in [4.69, 9.17) is 23.2 Å². The molecule has 13 heteroatoms. The largest absolute Gasteiger partial charge is 0.450 e. The fourth-order valence-electron chi connectivity index (χ4n) is 4.47. The van der Waals surface area contributed by atoms with Crippen molar-refractivity contribution < 1.29 is 14.3 Å². The predicted octanol–water partition coefficient (Wildman–Crippen LogP) is 4.64. The molecule has 1 aliphatic rings. The van der Waals surface area contributed by atoms with E-state index in [2.05, 4.69) is 20.4 Å². The Bertz CT molecular complexity index is 1480. The van der Waals surface area contributed by atoms with Gasteiger partial charge in [-0.1, -0.05) is 42.5 Å². The third kappa shape index (κ3) is 5.98. The standard InChI is InChI=1S/C25H25Cl2N7O4/c1-2-38-25(37)30-24(36)19(12-28)32-31-16-10-17(26)23(18(27)11-16)34-20-8-9-22(35)33(21(20)13-29-34)14-15-6-4-3-5-7-15/h8-11,13,15,31H,2-7,14H2,1H3,(H,30,36,37)/b32-19-. The van der Waals surface area contributed by atoms with Crippen LogP contribution >= 0.6 is 23.2 Å². The van der Waals surface area contributed by atoms with Crippen molar-refractivity contribution in [2.45, 2.75) is 45.6 Å². The fourth-order valence-corrected chi connectivity index (χ4v) is 5.11. The monoisotopic (exact) mass is 557 g/mol. The number of pyridine rings is 1. The molecule has 38 heavy (non-hydrogen) atoms. The van der Waals surface area contributed by atoms with Gasteiger partial charge in [0.2, 0.25) is 5.71 Å². The Kier molecular flexibility index (Phi) is 8.66. The summed E-state index contributed by atoms with van der Waals surface area (Å²) in [4.78, 5) is 36.2. The molecule has 3 aromatic rings. The topological polar surface area (TPSA) is 143 Å². The van der Waals surface area contributed by atoms with Crippen molar-refractivity contribution >= 4 is 57.6 Å². The molecular weight excluding hydrogens is 533 g/mol. The van der Waals surface area contributed by atoms with Crippen LogP contribution in [-0.2, 0) is 16.1 Å². The maximum Gasteiger partial charge on any atom is 0.414 e. The lowest BCUT2D eigenvalue weighted by atomic mass is 9.89. The molecule has 11 nitrogen and oxygen atoms in total. The van der Waals surface area contributed by atoms with E-state index >= 15 is 0 Å². The Morgan fingerprint density at radius 1 is 1.18 bits per heavy atom. The van der Waals surface area contributed by atoms with E-state index in [0.29, 0.717) is 29.2 Å². The van der Waals surface area contributed by atoms with E-state index in [1.165, 1.54) is 37.5 Å². The molecule has 4 rings (SSSR count). The van der Waals surface area contributed by atoms with Crippen molar-refractivity contribution in [1.29, 1.82) is 5.26 Å². The molecule has 1 aliphatic carbocycles. The van der Waals surface area contributed by atoms with Crippen LogP contribution < -0.4 is 16.3 Å². The summed E-state index contributed by atoms with van der Waals surface area (Å²) in [6.07, 6.45) is 6.43. The van der Waals surface area contributed by atoms with Crippen molar-refractivity contribution in [3.63, 3.8) is 0 Å². The molecule has 2 heterocycles. The first-order chi connectivity index (χ1) is 18.3. The molecule has 2 N–H and O–H groups in total. The third-order valence-electron chi connectivity index (χ3n) is 6.23. The number of hydrogen-bond donors (Lipinski definition) is 2. The maximum atomic E-state index is 12.7. The smallest absolute Gasteiger partial charge is 0.414 e. The van der Waals surface area contributed by atoms with Gasteiger partial charge in [0.15, 0.2) is 0 Å². The molecule has 0 atom stereocenters. The second kappa shape index (κ2) is 12.1. The van der Waals surface area contributed by atoms with Gasteiger partial charge in [-0.2, -0.15) is 15.5 Å². The zero-order valence-electron chi connectivity index (χ0n) is 20.5. The van der Waals surface area contributed by atoms with E-state index in [1.54, 1.807) is 34.5 Å². The van der Waals surface area contributed by atoms with Gasteiger partial charge in [0.1, 0.15) is 11.8 Å². The third-order valence-corrected chi connectivity index (χ3v) is 6.81. The van der Waals surface area contributed by atoms with Gasteiger partial charge >= 0.3 is 6.09 Å². The summed E-state index contributed by atoms with van der Waals surface area (Å²) in [5.74, 6) is -0.583. The minimum atomic E-state index is -1.03. The van der Waals surface area contributed by atoms with Crippen molar-refractivity contribution in [3.8, 4) is 11.8 Å². The van der Waals surface area contributed by atoms with Crippen LogP contribution in [-0.4, -0.2) is 38.7 Å². The summed E-state index contributed by atoms with van der Waals surface area (Å²) in [7, 11) is 0. The predicted molar refractivity (Wildman–Crippen MR) is 144 cm³/mol. The molecular formula is C25H25Cl2N7O4. The number of nitriles is 1. The first-order valence-electron chi connectivity index (χ1n) is 12.1. The molecule has 0 spiro atoms. The van der Waals surface area contributed by atoms with Crippen molar-refractivity contribution in [2.24, 2.45) is 11.0 Å². The number of nitrogens with one attached hydrogen (secondary N) is 2. The Hall–Kier alpha value is -3.88. The van der Waals surface area contributed by atoms with Gasteiger partial charge in [-0.25, -0.2) is 9.48 Å². The van der Waals surface area contributed by atoms with Crippen LogP contribution in [0.25, 0.3) is 16.7 Å². The van der Waals surface area contributed by atoms with E-state index in [1.807, 2.05) is 5.32 Å². The molecule has 198 valence electrons. The minimum Gasteiger partial charge on any atom is -0.450 e. The Balaban J connectivity index is 1.60. The van der Waals surface area contributed by atoms with E-state index in [-0.39, 0.29) is 27.9 Å². The zero-order chi connectivity index (χ0) is 27.2. The molecule has 2 aromatic heterocycles. The first kappa shape index (κ1) is 27.2. The average Bonchev–Trinajstić information content (AvgIpc) is 3.30. The summed E-state index contributed by atoms with van der Waals surface area (Å²) in [5, 5.41) is 19.7. The molecule has 1 aromatic carbocycles. The number of halogens is 2. The van der Waals surface area contributed by atoms with Crippen LogP contribution in [0.15, 0.2) is 40.4 Å². The molecule has 0 bridgehead atoms. The van der Waals surface area contributed by atoms with Crippen molar-refractivity contribution in [1.82, 2.24) is 19.7 Å². The van der Waals surface area contributed by atoms with Crippen molar-refractivity contribution in [3.05, 3.63) is 50.9 Å². The van der Waals surface area contributed by atoms with E-state index in [9.17, 15) is 19.6 Å². The number of imide groups is 1. The van der Waals surface area contributed by atoms with Crippen LogP contribution in [0.1, 0.15) is 39.0 Å². The first-order valence-corrected chi connectivity index (χ1v) is 12.9. The summed E-state index contributed by atoms with van der Waals surface area (Å²) in [5.41, 5.74) is 3.88. The molecule has 0 saturated heterocycles. The SMILES string of the molecule is CCOC(=O)NC(=O)/C(C#N)=N\Nc1cc(Cl)c(-n2ncc3c2ccc(=O)n3CC2CCCCC2)c(Cl)c1. The normalized spacial score (nSPS) is 14.2. The second-order valence-electron chi connectivity index (χ2n) is 8.76. The number of ether oxygens (including phenoxy) is 1. The highest BCUT2D eigenvalue weighted by atomic mass is 35.5. The fraction of sp³-hybridized carbons (Fsp3) is 0.360. The Morgan fingerprint density at radius 2 is 1.89 bits per heavy atom. The summed E-state index contributed by atoms with van der Waals surface area (Å²) < 4.78 is 7.94. The van der Waals surface area contributed by atoms with Gasteiger partial charge in [-0.3, -0.25) is 20.3 Å². The highest BCUT2D eigenvalue weighted by Crippen LogP contribution is 2.34. The lowest BCUT2D eigenvalue weighted by Crippen LogP contribution is -2.36. The number of carbonyl (C=O) groups excluding carboxylic acids is 2. The van der Waals surface area contributed by atoms with Gasteiger partial charge in [0, 0.05) is 12.6 Å². The molecule has 1 fully saturated rings. The number of amides is 2. The highest BCUT2D eigenvalue weighted by molar-refractivity contribution is 6.47. The number of nitrogens with zero attached hydrogens (tertiary/aromatic N) is 5. The Labute approximate surface area is 228 Å². The van der Waals surface area contributed by atoms with Gasteiger partial charge < -0.3 is 9.30 Å². The van der Waals surface area contributed by atoms with Crippen LogP contribution in [0, 0.1) is 17.2 Å². The number of carbonyl (C=O) groups is 2. The number of hydrazone groups is 1. The number of fused-ring (bicyclic) bond motifs is 1. The lowest BCUT2D eigenvalue weighted by Gasteiger charge is -2.22. The van der Waals surface area contributed by atoms with Crippen LogP contribution in [0.3, 0.4) is 0 Å². The van der Waals surface area contributed by atoms with Gasteiger partial charge in [-0.15, -0.1) is 0 Å². The van der Waals surface area contributed by atoms with Crippen LogP contribution in [0.2, 0.25) is 10.0 Å². The van der Waals surface area contributed by atoms with Crippen LogP contribution in [0.5, 0.6) is 0 Å². The average molecular weight is 558 g/mol. The summed E-state index contributed by atoms with van der Waals surface area (Å²) in [6.45, 7) is 2.27. The summed E-state index contributed by atoms with van der Waals surface area (Å²) in [6, 6.07) is 7.79. The van der Waals surface area contributed by atoms with Crippen molar-refractivity contribution in [2.75, 3.05) is 12.0 Å². The van der Waals surface area contributed by atoms with Gasteiger partial charge in [0.25, 0.3) is 11.5 Å². The number of rotatable bonds is 7. The quantitative estimate of drug-likeness (QED) is 0.318. The lowest BCUT2D eigenvalue weighted by molar-refractivity contribution is -0.114. The molecule has 0 radical (unpaired) electrons.